The van der Waals surface area contributed by atoms with E-state index < -0.39 is 5.79 Å². The lowest BCUT2D eigenvalue weighted by Crippen LogP contribution is -2.47. The first-order chi connectivity index (χ1) is 6.95. The number of rotatable bonds is 0. The molecule has 3 nitrogen and oxygen atoms in total. The lowest BCUT2D eigenvalue weighted by molar-refractivity contribution is -0.199. The molecule has 3 rings (SSSR count). The van der Waals surface area contributed by atoms with Crippen LogP contribution in [-0.4, -0.2) is 24.8 Å². The largest absolute Gasteiger partial charge is 0.341 e. The molecular weight excluding hydrogens is 192 g/mol. The molecule has 0 N–H and O–H groups in total. The number of hydrogen-bond donors (Lipinski definition) is 0. The van der Waals surface area contributed by atoms with Crippen molar-refractivity contribution in [1.29, 1.82) is 0 Å². The van der Waals surface area contributed by atoms with Crippen molar-refractivity contribution in [2.75, 3.05) is 13.2 Å². The van der Waals surface area contributed by atoms with E-state index in [9.17, 15) is 4.79 Å². The summed E-state index contributed by atoms with van der Waals surface area (Å²) in [6, 6.07) is 0. The van der Waals surface area contributed by atoms with E-state index in [0.29, 0.717) is 13.2 Å². The van der Waals surface area contributed by atoms with E-state index in [4.69, 9.17) is 9.47 Å². The Morgan fingerprint density at radius 2 is 1.80 bits per heavy atom. The molecule has 2 bridgehead atoms. The van der Waals surface area contributed by atoms with Gasteiger partial charge >= 0.3 is 0 Å². The molecule has 2 atom stereocenters. The van der Waals surface area contributed by atoms with Gasteiger partial charge in [0.05, 0.1) is 13.2 Å². The zero-order valence-corrected chi connectivity index (χ0v) is 9.63. The fourth-order valence-electron chi connectivity index (χ4n) is 3.88. The molecule has 0 amide bonds. The molecule has 2 saturated carbocycles. The number of Topliss-reactive ketones (excluding diaryl/α,β-unsaturated/α-hetero) is 1. The van der Waals surface area contributed by atoms with Crippen LogP contribution in [0.3, 0.4) is 0 Å². The van der Waals surface area contributed by atoms with Crippen molar-refractivity contribution in [2.45, 2.75) is 39.4 Å². The zero-order valence-electron chi connectivity index (χ0n) is 9.63. The van der Waals surface area contributed by atoms with Gasteiger partial charge in [-0.25, -0.2) is 0 Å². The van der Waals surface area contributed by atoms with Crippen LogP contribution in [0.1, 0.15) is 33.6 Å². The van der Waals surface area contributed by atoms with Crippen LogP contribution in [0.25, 0.3) is 0 Å². The van der Waals surface area contributed by atoms with Crippen LogP contribution in [0.15, 0.2) is 0 Å². The molecule has 84 valence electrons. The molecule has 0 radical (unpaired) electrons. The third-order valence-electron chi connectivity index (χ3n) is 5.22. The van der Waals surface area contributed by atoms with Crippen molar-refractivity contribution in [2.24, 2.45) is 16.7 Å². The predicted molar refractivity (Wildman–Crippen MR) is 54.3 cm³/mol. The van der Waals surface area contributed by atoms with Crippen LogP contribution in [0.2, 0.25) is 0 Å². The standard InChI is InChI=1S/C12H18O3/c1-10(2)8-4-5-11(10,3)9(13)12(8)14-6-7-15-12/h8H,4-7H2,1-3H3/t8-,11-/m0/s1. The summed E-state index contributed by atoms with van der Waals surface area (Å²) in [6.45, 7) is 7.57. The Kier molecular flexibility index (Phi) is 1.61. The highest BCUT2D eigenvalue weighted by atomic mass is 16.7. The van der Waals surface area contributed by atoms with Crippen LogP contribution < -0.4 is 0 Å². The van der Waals surface area contributed by atoms with Crippen molar-refractivity contribution in [1.82, 2.24) is 0 Å². The minimum absolute atomic E-state index is 0.00836. The summed E-state index contributed by atoms with van der Waals surface area (Å²) in [7, 11) is 0. The van der Waals surface area contributed by atoms with Gasteiger partial charge in [-0.2, -0.15) is 0 Å². The average molecular weight is 210 g/mol. The van der Waals surface area contributed by atoms with Gasteiger partial charge in [0, 0.05) is 11.3 Å². The first-order valence-electron chi connectivity index (χ1n) is 5.78. The first-order valence-corrected chi connectivity index (χ1v) is 5.78. The second-order valence-corrected chi connectivity index (χ2v) is 5.84. The van der Waals surface area contributed by atoms with Crippen LogP contribution in [0.5, 0.6) is 0 Å². The molecule has 0 aromatic heterocycles. The molecule has 0 aromatic carbocycles. The van der Waals surface area contributed by atoms with Crippen LogP contribution >= 0.6 is 0 Å². The van der Waals surface area contributed by atoms with Gasteiger partial charge in [-0.3, -0.25) is 4.79 Å². The molecule has 1 aliphatic heterocycles. The van der Waals surface area contributed by atoms with Crippen LogP contribution in [-0.2, 0) is 14.3 Å². The van der Waals surface area contributed by atoms with Gasteiger partial charge in [0.2, 0.25) is 5.79 Å². The highest BCUT2D eigenvalue weighted by molar-refractivity contribution is 5.96. The highest BCUT2D eigenvalue weighted by Crippen LogP contribution is 2.68. The predicted octanol–water partition coefficient (Wildman–Crippen LogP) is 1.75. The normalized spacial score (nSPS) is 45.5. The van der Waals surface area contributed by atoms with Gasteiger partial charge in [-0.15, -0.1) is 0 Å². The quantitative estimate of drug-likeness (QED) is 0.611. The number of carbonyl (C=O) groups is 1. The van der Waals surface area contributed by atoms with E-state index in [0.717, 1.165) is 12.8 Å². The molecule has 2 aliphatic carbocycles. The second kappa shape index (κ2) is 2.46. The van der Waals surface area contributed by atoms with Crippen molar-refractivity contribution < 1.29 is 14.3 Å². The maximum absolute atomic E-state index is 12.5. The topological polar surface area (TPSA) is 35.5 Å². The number of carbonyl (C=O) groups excluding carboxylic acids is 1. The zero-order chi connectivity index (χ0) is 10.9. The molecule has 1 saturated heterocycles. The summed E-state index contributed by atoms with van der Waals surface area (Å²) >= 11 is 0. The molecule has 3 heteroatoms. The maximum Gasteiger partial charge on any atom is 0.233 e. The van der Waals surface area contributed by atoms with Crippen molar-refractivity contribution in [3.05, 3.63) is 0 Å². The van der Waals surface area contributed by atoms with Crippen molar-refractivity contribution in [3.8, 4) is 0 Å². The van der Waals surface area contributed by atoms with Gasteiger partial charge in [-0.1, -0.05) is 20.8 Å². The average Bonchev–Trinajstić information content (AvgIpc) is 2.74. The Morgan fingerprint density at radius 1 is 1.20 bits per heavy atom. The van der Waals surface area contributed by atoms with Crippen molar-refractivity contribution >= 4 is 5.78 Å². The van der Waals surface area contributed by atoms with E-state index in [-0.39, 0.29) is 22.5 Å². The first kappa shape index (κ1) is 9.79. The molecule has 0 aromatic rings. The summed E-state index contributed by atoms with van der Waals surface area (Å²) in [5.74, 6) is -0.449. The third-order valence-corrected chi connectivity index (χ3v) is 5.22. The molecule has 3 fully saturated rings. The Hall–Kier alpha value is -0.410. The minimum atomic E-state index is -0.878. The maximum atomic E-state index is 12.5. The van der Waals surface area contributed by atoms with Gasteiger partial charge in [0.25, 0.3) is 0 Å². The minimum Gasteiger partial charge on any atom is -0.341 e. The van der Waals surface area contributed by atoms with E-state index in [1.54, 1.807) is 0 Å². The molecule has 1 spiro atoms. The van der Waals surface area contributed by atoms with Crippen LogP contribution in [0.4, 0.5) is 0 Å². The summed E-state index contributed by atoms with van der Waals surface area (Å²) in [5.41, 5.74) is -0.240. The highest BCUT2D eigenvalue weighted by Gasteiger charge is 2.75. The third kappa shape index (κ3) is 0.806. The van der Waals surface area contributed by atoms with Crippen molar-refractivity contribution in [3.63, 3.8) is 0 Å². The number of ketones is 1. The Morgan fingerprint density at radius 3 is 2.27 bits per heavy atom. The molecular formula is C12H18O3. The Bertz CT molecular complexity index is 328. The Labute approximate surface area is 90.1 Å². The molecule has 0 unspecified atom stereocenters. The summed E-state index contributed by atoms with van der Waals surface area (Å²) < 4.78 is 11.4. The van der Waals surface area contributed by atoms with Gasteiger partial charge in [0.1, 0.15) is 0 Å². The lowest BCUT2D eigenvalue weighted by atomic mass is 9.70. The van der Waals surface area contributed by atoms with E-state index in [1.165, 1.54) is 0 Å². The molecule has 1 heterocycles. The smallest absolute Gasteiger partial charge is 0.233 e. The van der Waals surface area contributed by atoms with Gasteiger partial charge < -0.3 is 9.47 Å². The fourth-order valence-corrected chi connectivity index (χ4v) is 3.88. The molecule has 15 heavy (non-hydrogen) atoms. The monoisotopic (exact) mass is 210 g/mol. The Balaban J connectivity index is 2.14. The summed E-state index contributed by atoms with van der Waals surface area (Å²) in [5, 5.41) is 0. The number of ether oxygens (including phenoxy) is 2. The number of hydrogen-bond acceptors (Lipinski definition) is 3. The van der Waals surface area contributed by atoms with E-state index in [2.05, 4.69) is 20.8 Å². The molecule has 3 aliphatic rings. The summed E-state index contributed by atoms with van der Waals surface area (Å²) in [4.78, 5) is 12.5. The van der Waals surface area contributed by atoms with Gasteiger partial charge in [0.15, 0.2) is 5.78 Å². The van der Waals surface area contributed by atoms with Crippen LogP contribution in [0, 0.1) is 16.7 Å². The summed E-state index contributed by atoms with van der Waals surface area (Å²) in [6.07, 6.45) is 2.03. The number of fused-ring (bicyclic) bond motifs is 3. The van der Waals surface area contributed by atoms with Gasteiger partial charge in [-0.05, 0) is 18.3 Å². The van der Waals surface area contributed by atoms with E-state index in [1.807, 2.05) is 0 Å². The SMILES string of the molecule is CC1(C)[C@@H]2CC[C@@]1(C)C(=O)C21OCCO1. The lowest BCUT2D eigenvalue weighted by Gasteiger charge is -2.32. The second-order valence-electron chi connectivity index (χ2n) is 5.84. The van der Waals surface area contributed by atoms with E-state index >= 15 is 0 Å². The fraction of sp³-hybridized carbons (Fsp3) is 0.917.